The smallest absolute Gasteiger partial charge is 0.256 e. The third kappa shape index (κ3) is 4.93. The monoisotopic (exact) mass is 378 g/mol. The van der Waals surface area contributed by atoms with Gasteiger partial charge in [-0.3, -0.25) is 4.79 Å². The number of amides is 1. The van der Waals surface area contributed by atoms with E-state index in [0.717, 1.165) is 31.7 Å². The molecular weight excluding hydrogens is 355 g/mol. The van der Waals surface area contributed by atoms with E-state index in [1.165, 1.54) is 24.3 Å². The molecular formula is C19H24ClFN4O. The van der Waals surface area contributed by atoms with Crippen LogP contribution in [0.3, 0.4) is 0 Å². The van der Waals surface area contributed by atoms with Crippen LogP contribution in [0.2, 0.25) is 0 Å². The second kappa shape index (κ2) is 8.96. The zero-order valence-electron chi connectivity index (χ0n) is 15.0. The summed E-state index contributed by atoms with van der Waals surface area (Å²) in [6.07, 6.45) is 2.20. The number of piperidine rings is 1. The molecule has 2 heterocycles. The number of benzene rings is 1. The summed E-state index contributed by atoms with van der Waals surface area (Å²) in [5.41, 5.74) is 0.400. The van der Waals surface area contributed by atoms with Crippen molar-refractivity contribution in [3.63, 3.8) is 0 Å². The minimum atomic E-state index is -0.364. The number of hydrogen-bond acceptors (Lipinski definition) is 4. The van der Waals surface area contributed by atoms with Crippen LogP contribution in [0.15, 0.2) is 42.5 Å². The summed E-state index contributed by atoms with van der Waals surface area (Å²) < 4.78 is 13.0. The minimum absolute atomic E-state index is 0. The van der Waals surface area contributed by atoms with Crippen LogP contribution in [0.5, 0.6) is 0 Å². The van der Waals surface area contributed by atoms with Crippen molar-refractivity contribution < 1.29 is 9.18 Å². The SMILES string of the molecule is CN1CCC(N(C)c2cccc(NC(=O)c3ccc(F)cc3)n2)CC1.Cl. The van der Waals surface area contributed by atoms with Gasteiger partial charge < -0.3 is 15.1 Å². The molecule has 26 heavy (non-hydrogen) atoms. The second-order valence-corrected chi connectivity index (χ2v) is 6.49. The summed E-state index contributed by atoms with van der Waals surface area (Å²) in [7, 11) is 4.18. The number of halogens is 2. The Balaban J connectivity index is 0.00000243. The summed E-state index contributed by atoms with van der Waals surface area (Å²) in [6.45, 7) is 2.16. The number of anilines is 2. The molecule has 0 saturated carbocycles. The number of carbonyl (C=O) groups excluding carboxylic acids is 1. The third-order valence-electron chi connectivity index (χ3n) is 4.68. The molecule has 0 unspecified atom stereocenters. The molecule has 0 atom stereocenters. The van der Waals surface area contributed by atoms with E-state index in [1.54, 1.807) is 6.07 Å². The molecule has 1 aromatic heterocycles. The number of likely N-dealkylation sites (tertiary alicyclic amines) is 1. The van der Waals surface area contributed by atoms with Gasteiger partial charge in [0.05, 0.1) is 0 Å². The summed E-state index contributed by atoms with van der Waals surface area (Å²) in [5, 5.41) is 2.78. The van der Waals surface area contributed by atoms with Crippen LogP contribution in [0.4, 0.5) is 16.0 Å². The lowest BCUT2D eigenvalue weighted by atomic mass is 10.0. The average Bonchev–Trinajstić information content (AvgIpc) is 2.62. The molecule has 2 aromatic rings. The van der Waals surface area contributed by atoms with Crippen LogP contribution in [-0.4, -0.2) is 49.0 Å². The van der Waals surface area contributed by atoms with Crippen molar-refractivity contribution in [2.24, 2.45) is 0 Å². The molecule has 5 nitrogen and oxygen atoms in total. The molecule has 0 bridgehead atoms. The van der Waals surface area contributed by atoms with Gasteiger partial charge in [0.1, 0.15) is 17.5 Å². The Bertz CT molecular complexity index is 733. The normalized spacial score (nSPS) is 15.2. The summed E-state index contributed by atoms with van der Waals surface area (Å²) >= 11 is 0. The molecule has 1 N–H and O–H groups in total. The third-order valence-corrected chi connectivity index (χ3v) is 4.68. The number of carbonyl (C=O) groups is 1. The van der Waals surface area contributed by atoms with Crippen LogP contribution in [0.1, 0.15) is 23.2 Å². The minimum Gasteiger partial charge on any atom is -0.357 e. The highest BCUT2D eigenvalue weighted by Crippen LogP contribution is 2.21. The molecule has 1 aliphatic heterocycles. The molecule has 1 fully saturated rings. The van der Waals surface area contributed by atoms with Crippen molar-refractivity contribution in [2.75, 3.05) is 37.4 Å². The summed E-state index contributed by atoms with van der Waals surface area (Å²) in [6, 6.07) is 11.5. The zero-order chi connectivity index (χ0) is 17.8. The Morgan fingerprint density at radius 1 is 1.19 bits per heavy atom. The highest BCUT2D eigenvalue weighted by Gasteiger charge is 2.21. The van der Waals surface area contributed by atoms with Crippen molar-refractivity contribution in [1.29, 1.82) is 0 Å². The number of nitrogens with zero attached hydrogens (tertiary/aromatic N) is 3. The van der Waals surface area contributed by atoms with E-state index in [0.29, 0.717) is 17.4 Å². The van der Waals surface area contributed by atoms with Crippen LogP contribution in [0.25, 0.3) is 0 Å². The van der Waals surface area contributed by atoms with Crippen molar-refractivity contribution in [2.45, 2.75) is 18.9 Å². The van der Waals surface area contributed by atoms with E-state index in [2.05, 4.69) is 27.1 Å². The summed E-state index contributed by atoms with van der Waals surface area (Å²) in [5.74, 6) is 0.668. The summed E-state index contributed by atoms with van der Waals surface area (Å²) in [4.78, 5) is 21.3. The first-order chi connectivity index (χ1) is 12.0. The second-order valence-electron chi connectivity index (χ2n) is 6.49. The number of pyridine rings is 1. The highest BCUT2D eigenvalue weighted by molar-refractivity contribution is 6.03. The van der Waals surface area contributed by atoms with Crippen LogP contribution >= 0.6 is 12.4 Å². The lowest BCUT2D eigenvalue weighted by Gasteiger charge is -2.35. The molecule has 1 saturated heterocycles. The van der Waals surface area contributed by atoms with Gasteiger partial charge in [0.2, 0.25) is 0 Å². The standard InChI is InChI=1S/C19H23FN4O.ClH/c1-23-12-10-16(11-13-23)24(2)18-5-3-4-17(21-18)22-19(25)14-6-8-15(20)9-7-14;/h3-9,16H,10-13H2,1-2H3,(H,21,22,25);1H. The van der Waals surface area contributed by atoms with E-state index in [9.17, 15) is 9.18 Å². The lowest BCUT2D eigenvalue weighted by molar-refractivity contribution is 0.102. The van der Waals surface area contributed by atoms with Gasteiger partial charge in [-0.15, -0.1) is 12.4 Å². The molecule has 0 aliphatic carbocycles. The Morgan fingerprint density at radius 2 is 1.85 bits per heavy atom. The van der Waals surface area contributed by atoms with Crippen molar-refractivity contribution >= 4 is 29.9 Å². The quantitative estimate of drug-likeness (QED) is 0.885. The van der Waals surface area contributed by atoms with E-state index in [-0.39, 0.29) is 24.1 Å². The largest absolute Gasteiger partial charge is 0.357 e. The van der Waals surface area contributed by atoms with E-state index >= 15 is 0 Å². The van der Waals surface area contributed by atoms with Gasteiger partial charge in [-0.05, 0) is 69.4 Å². The fourth-order valence-corrected chi connectivity index (χ4v) is 3.05. The van der Waals surface area contributed by atoms with Crippen LogP contribution < -0.4 is 10.2 Å². The first-order valence-corrected chi connectivity index (χ1v) is 8.48. The Hall–Kier alpha value is -2.18. The van der Waals surface area contributed by atoms with Gasteiger partial charge in [0.25, 0.3) is 5.91 Å². The maximum absolute atomic E-state index is 13.0. The topological polar surface area (TPSA) is 48.5 Å². The molecule has 0 radical (unpaired) electrons. The number of rotatable bonds is 4. The highest BCUT2D eigenvalue weighted by atomic mass is 35.5. The number of aromatic nitrogens is 1. The van der Waals surface area contributed by atoms with Crippen molar-refractivity contribution in [3.8, 4) is 0 Å². The zero-order valence-corrected chi connectivity index (χ0v) is 15.8. The molecule has 7 heteroatoms. The number of hydrogen-bond donors (Lipinski definition) is 1. The molecule has 1 aliphatic rings. The Morgan fingerprint density at radius 3 is 2.50 bits per heavy atom. The average molecular weight is 379 g/mol. The predicted molar refractivity (Wildman–Crippen MR) is 105 cm³/mol. The van der Waals surface area contributed by atoms with E-state index in [1.807, 2.05) is 19.2 Å². The molecule has 1 aromatic carbocycles. The molecule has 3 rings (SSSR count). The Kier molecular flexibility index (Phi) is 6.94. The molecule has 1 amide bonds. The maximum atomic E-state index is 13.0. The van der Waals surface area contributed by atoms with Gasteiger partial charge in [0.15, 0.2) is 0 Å². The van der Waals surface area contributed by atoms with Gasteiger partial charge in [0, 0.05) is 18.7 Å². The van der Waals surface area contributed by atoms with Gasteiger partial charge >= 0.3 is 0 Å². The van der Waals surface area contributed by atoms with E-state index in [4.69, 9.17) is 0 Å². The van der Waals surface area contributed by atoms with Gasteiger partial charge in [-0.2, -0.15) is 0 Å². The predicted octanol–water partition coefficient (Wildman–Crippen LogP) is 3.43. The van der Waals surface area contributed by atoms with Crippen LogP contribution in [0, 0.1) is 5.82 Å². The molecule has 0 spiro atoms. The molecule has 140 valence electrons. The van der Waals surface area contributed by atoms with E-state index < -0.39 is 0 Å². The van der Waals surface area contributed by atoms with Crippen LogP contribution in [-0.2, 0) is 0 Å². The van der Waals surface area contributed by atoms with Crippen molar-refractivity contribution in [1.82, 2.24) is 9.88 Å². The number of nitrogens with one attached hydrogen (secondary N) is 1. The fraction of sp³-hybridized carbons (Fsp3) is 0.368. The fourth-order valence-electron chi connectivity index (χ4n) is 3.05. The lowest BCUT2D eigenvalue weighted by Crippen LogP contribution is -2.42. The Labute approximate surface area is 159 Å². The maximum Gasteiger partial charge on any atom is 0.256 e. The first-order valence-electron chi connectivity index (χ1n) is 8.48. The van der Waals surface area contributed by atoms with Crippen molar-refractivity contribution in [3.05, 3.63) is 53.8 Å². The van der Waals surface area contributed by atoms with Gasteiger partial charge in [-0.25, -0.2) is 9.37 Å². The first kappa shape index (κ1) is 20.1. The van der Waals surface area contributed by atoms with Gasteiger partial charge in [-0.1, -0.05) is 6.07 Å².